The van der Waals surface area contributed by atoms with E-state index in [1.807, 2.05) is 36.2 Å². The van der Waals surface area contributed by atoms with Gasteiger partial charge in [0.25, 0.3) is 11.5 Å². The number of nitrogens with zero attached hydrogens (tertiary/aromatic N) is 3. The van der Waals surface area contributed by atoms with E-state index >= 15 is 0 Å². The highest BCUT2D eigenvalue weighted by Crippen LogP contribution is 2.28. The van der Waals surface area contributed by atoms with Crippen LogP contribution in [0.5, 0.6) is 0 Å². The van der Waals surface area contributed by atoms with Crippen LogP contribution in [-0.4, -0.2) is 52.5 Å². The van der Waals surface area contributed by atoms with Crippen LogP contribution < -0.4 is 5.56 Å². The van der Waals surface area contributed by atoms with Gasteiger partial charge in [0.15, 0.2) is 0 Å². The Bertz CT molecular complexity index is 1040. The summed E-state index contributed by atoms with van der Waals surface area (Å²) in [5.74, 6) is -0.0756. The topological polar surface area (TPSA) is 45.6 Å². The van der Waals surface area contributed by atoms with Crippen molar-refractivity contribution < 1.29 is 4.79 Å². The lowest BCUT2D eigenvalue weighted by molar-refractivity contribution is 0.0557. The first-order chi connectivity index (χ1) is 15.1. The Morgan fingerprint density at radius 1 is 1.00 bits per heavy atom. The van der Waals surface area contributed by atoms with Crippen molar-refractivity contribution in [2.75, 3.05) is 26.2 Å². The number of carbonyl (C=O) groups excluding carboxylic acids is 1. The molecule has 0 radical (unpaired) electrons. The van der Waals surface area contributed by atoms with Gasteiger partial charge in [-0.25, -0.2) is 0 Å². The SMILES string of the molecule is Cc1ccn(-c2cccc3c2CCC3)c(=O)c1C(=O)N1CCCCC1CN1CCCC1. The van der Waals surface area contributed by atoms with Crippen LogP contribution in [0.3, 0.4) is 0 Å². The highest BCUT2D eigenvalue weighted by Gasteiger charge is 2.32. The smallest absolute Gasteiger partial charge is 0.268 e. The predicted octanol–water partition coefficient (Wildman–Crippen LogP) is 3.73. The summed E-state index contributed by atoms with van der Waals surface area (Å²) < 4.78 is 1.71. The van der Waals surface area contributed by atoms with Gasteiger partial charge in [-0.05, 0) is 100 Å². The number of carbonyl (C=O) groups is 1. The molecule has 1 unspecified atom stereocenters. The van der Waals surface area contributed by atoms with Crippen molar-refractivity contribution >= 4 is 5.91 Å². The number of piperidine rings is 1. The average Bonchev–Trinajstić information content (AvgIpc) is 3.46. The zero-order chi connectivity index (χ0) is 21.4. The lowest BCUT2D eigenvalue weighted by atomic mass is 9.99. The second-order valence-electron chi connectivity index (χ2n) is 9.47. The van der Waals surface area contributed by atoms with E-state index in [2.05, 4.69) is 11.0 Å². The van der Waals surface area contributed by atoms with Crippen LogP contribution in [-0.2, 0) is 12.8 Å². The Balaban J connectivity index is 1.49. The van der Waals surface area contributed by atoms with Gasteiger partial charge < -0.3 is 9.80 Å². The summed E-state index contributed by atoms with van der Waals surface area (Å²) in [4.78, 5) is 31.9. The van der Waals surface area contributed by atoms with Crippen LogP contribution in [0.4, 0.5) is 0 Å². The van der Waals surface area contributed by atoms with Gasteiger partial charge in [-0.15, -0.1) is 0 Å². The Morgan fingerprint density at radius 3 is 2.65 bits per heavy atom. The molecule has 0 bridgehead atoms. The van der Waals surface area contributed by atoms with E-state index in [4.69, 9.17) is 0 Å². The van der Waals surface area contributed by atoms with Crippen LogP contribution in [0.2, 0.25) is 0 Å². The van der Waals surface area contributed by atoms with E-state index < -0.39 is 0 Å². The fourth-order valence-electron chi connectivity index (χ4n) is 5.77. The van der Waals surface area contributed by atoms with Crippen LogP contribution in [0, 0.1) is 6.92 Å². The van der Waals surface area contributed by atoms with Crippen LogP contribution in [0.25, 0.3) is 5.69 Å². The Hall–Kier alpha value is -2.40. The molecule has 2 aliphatic heterocycles. The maximum atomic E-state index is 13.7. The lowest BCUT2D eigenvalue weighted by Gasteiger charge is -2.38. The van der Waals surface area contributed by atoms with Gasteiger partial charge in [0.2, 0.25) is 0 Å². The Labute approximate surface area is 184 Å². The van der Waals surface area contributed by atoms with E-state index in [0.717, 1.165) is 76.0 Å². The van der Waals surface area contributed by atoms with Crippen molar-refractivity contribution in [3.05, 3.63) is 63.1 Å². The first-order valence-electron chi connectivity index (χ1n) is 12.0. The first kappa shape index (κ1) is 20.5. The van der Waals surface area contributed by atoms with E-state index in [1.165, 1.54) is 24.0 Å². The number of hydrogen-bond donors (Lipinski definition) is 0. The zero-order valence-electron chi connectivity index (χ0n) is 18.6. The van der Waals surface area contributed by atoms with E-state index in [-0.39, 0.29) is 17.5 Å². The van der Waals surface area contributed by atoms with Crippen molar-refractivity contribution in [2.24, 2.45) is 0 Å². The molecule has 3 heterocycles. The number of hydrogen-bond acceptors (Lipinski definition) is 3. The number of pyridine rings is 1. The number of rotatable bonds is 4. The number of fused-ring (bicyclic) bond motifs is 1. The van der Waals surface area contributed by atoms with E-state index in [1.54, 1.807) is 4.57 Å². The lowest BCUT2D eigenvalue weighted by Crippen LogP contribution is -2.50. The fourth-order valence-corrected chi connectivity index (χ4v) is 5.77. The first-order valence-corrected chi connectivity index (χ1v) is 12.0. The van der Waals surface area contributed by atoms with Gasteiger partial charge in [-0.3, -0.25) is 14.2 Å². The summed E-state index contributed by atoms with van der Waals surface area (Å²) >= 11 is 0. The molecule has 2 fully saturated rings. The number of aryl methyl sites for hydroxylation is 2. The minimum absolute atomic E-state index is 0.0756. The van der Waals surface area contributed by atoms with Crippen LogP contribution in [0.15, 0.2) is 35.3 Å². The third-order valence-corrected chi connectivity index (χ3v) is 7.45. The number of likely N-dealkylation sites (tertiary alicyclic amines) is 2. The molecule has 5 nitrogen and oxygen atoms in total. The molecule has 0 spiro atoms. The summed E-state index contributed by atoms with van der Waals surface area (Å²) in [6.07, 6.45) is 10.8. The third kappa shape index (κ3) is 3.84. The monoisotopic (exact) mass is 419 g/mol. The van der Waals surface area contributed by atoms with Crippen molar-refractivity contribution in [1.29, 1.82) is 0 Å². The standard InChI is InChI=1S/C26H33N3O2/c1-19-13-17-29(23-12-7-9-20-8-6-11-22(20)23)26(31)24(19)25(30)28-16-3-2-10-21(28)18-27-14-4-5-15-27/h7,9,12-13,17,21H,2-6,8,10-11,14-16,18H2,1H3. The van der Waals surface area contributed by atoms with Crippen molar-refractivity contribution in [3.63, 3.8) is 0 Å². The fraction of sp³-hybridized carbons (Fsp3) is 0.538. The molecule has 2 saturated heterocycles. The van der Waals surface area contributed by atoms with Gasteiger partial charge in [-0.2, -0.15) is 0 Å². The second kappa shape index (κ2) is 8.62. The van der Waals surface area contributed by atoms with E-state index in [0.29, 0.717) is 5.56 Å². The molecular formula is C26H33N3O2. The van der Waals surface area contributed by atoms with Crippen molar-refractivity contribution in [1.82, 2.24) is 14.4 Å². The molecule has 2 aromatic rings. The van der Waals surface area contributed by atoms with Crippen molar-refractivity contribution in [2.45, 2.75) is 64.3 Å². The molecule has 0 N–H and O–H groups in total. The van der Waals surface area contributed by atoms with Gasteiger partial charge in [-0.1, -0.05) is 12.1 Å². The van der Waals surface area contributed by atoms with Crippen LogP contribution >= 0.6 is 0 Å². The third-order valence-electron chi connectivity index (χ3n) is 7.45. The molecule has 3 aliphatic rings. The molecule has 1 aliphatic carbocycles. The predicted molar refractivity (Wildman–Crippen MR) is 123 cm³/mol. The molecule has 1 amide bonds. The summed E-state index contributed by atoms with van der Waals surface area (Å²) in [7, 11) is 0. The number of amides is 1. The minimum atomic E-state index is -0.171. The summed E-state index contributed by atoms with van der Waals surface area (Å²) in [5, 5.41) is 0. The summed E-state index contributed by atoms with van der Waals surface area (Å²) in [5.41, 5.74) is 4.50. The Kier molecular flexibility index (Phi) is 5.70. The zero-order valence-corrected chi connectivity index (χ0v) is 18.6. The maximum absolute atomic E-state index is 13.7. The second-order valence-corrected chi connectivity index (χ2v) is 9.47. The van der Waals surface area contributed by atoms with Crippen molar-refractivity contribution in [3.8, 4) is 5.69 Å². The largest absolute Gasteiger partial charge is 0.334 e. The maximum Gasteiger partial charge on any atom is 0.268 e. The average molecular weight is 420 g/mol. The van der Waals surface area contributed by atoms with Gasteiger partial charge >= 0.3 is 0 Å². The van der Waals surface area contributed by atoms with Gasteiger partial charge in [0.05, 0.1) is 5.69 Å². The normalized spacial score (nSPS) is 21.5. The van der Waals surface area contributed by atoms with Crippen LogP contribution in [0.1, 0.15) is 65.6 Å². The molecule has 1 aromatic carbocycles. The van der Waals surface area contributed by atoms with E-state index in [9.17, 15) is 9.59 Å². The van der Waals surface area contributed by atoms with Gasteiger partial charge in [0, 0.05) is 25.3 Å². The quantitative estimate of drug-likeness (QED) is 0.759. The highest BCUT2D eigenvalue weighted by atomic mass is 16.2. The number of benzene rings is 1. The Morgan fingerprint density at radius 2 is 1.81 bits per heavy atom. The summed E-state index contributed by atoms with van der Waals surface area (Å²) in [6.45, 7) is 5.86. The molecule has 1 atom stereocenters. The molecular weight excluding hydrogens is 386 g/mol. The minimum Gasteiger partial charge on any atom is -0.334 e. The molecule has 164 valence electrons. The van der Waals surface area contributed by atoms with Gasteiger partial charge in [0.1, 0.15) is 5.56 Å². The molecule has 1 aromatic heterocycles. The molecule has 5 rings (SSSR count). The molecule has 31 heavy (non-hydrogen) atoms. The number of aromatic nitrogens is 1. The highest BCUT2D eigenvalue weighted by molar-refractivity contribution is 5.95. The molecule has 0 saturated carbocycles. The molecule has 5 heteroatoms. The summed E-state index contributed by atoms with van der Waals surface area (Å²) in [6, 6.07) is 8.36.